The zero-order valence-electron chi connectivity index (χ0n) is 11.4. The van der Waals surface area contributed by atoms with E-state index in [2.05, 4.69) is 15.9 Å². The van der Waals surface area contributed by atoms with Crippen LogP contribution in [-0.4, -0.2) is 12.0 Å². The molecule has 0 aliphatic heterocycles. The van der Waals surface area contributed by atoms with Crippen LogP contribution in [0.4, 0.5) is 5.69 Å². The fraction of sp³-hybridized carbons (Fsp3) is 0.200. The Balaban J connectivity index is 2.13. The van der Waals surface area contributed by atoms with E-state index in [4.69, 9.17) is 9.47 Å². The molecule has 0 saturated heterocycles. The van der Waals surface area contributed by atoms with Crippen molar-refractivity contribution < 1.29 is 14.4 Å². The number of nitrogens with zero attached hydrogens (tertiary/aromatic N) is 1. The quantitative estimate of drug-likeness (QED) is 0.447. The molecule has 0 saturated carbocycles. The highest BCUT2D eigenvalue weighted by Crippen LogP contribution is 2.27. The Kier molecular flexibility index (Phi) is 5.16. The van der Waals surface area contributed by atoms with Crippen LogP contribution in [0, 0.1) is 10.1 Å². The van der Waals surface area contributed by atoms with Gasteiger partial charge in [-0.2, -0.15) is 0 Å². The zero-order chi connectivity index (χ0) is 15.2. The van der Waals surface area contributed by atoms with E-state index < -0.39 is 4.92 Å². The van der Waals surface area contributed by atoms with E-state index in [1.54, 1.807) is 13.2 Å². The molecule has 0 spiro atoms. The maximum Gasteiger partial charge on any atom is 0.270 e. The minimum absolute atomic E-state index is 0.0539. The smallest absolute Gasteiger partial charge is 0.270 e. The monoisotopic (exact) mass is 351 g/mol. The summed E-state index contributed by atoms with van der Waals surface area (Å²) >= 11 is 3.32. The van der Waals surface area contributed by atoms with Gasteiger partial charge in [0.1, 0.15) is 18.1 Å². The van der Waals surface area contributed by atoms with E-state index in [1.807, 2.05) is 24.3 Å². The number of halogens is 1. The highest BCUT2D eigenvalue weighted by molar-refractivity contribution is 9.08. The number of benzene rings is 2. The number of ether oxygens (including phenoxy) is 2. The standard InChI is InChI=1S/C15H14BrNO4/c1-20-14-4-2-3-11(7-14)10-21-15-6-5-13(17(18)19)8-12(15)9-16/h2-8H,9-10H2,1H3. The molecule has 2 aromatic carbocycles. The molecule has 0 aliphatic rings. The second kappa shape index (κ2) is 7.08. The van der Waals surface area contributed by atoms with Crippen LogP contribution in [0.5, 0.6) is 11.5 Å². The van der Waals surface area contributed by atoms with Gasteiger partial charge >= 0.3 is 0 Å². The summed E-state index contributed by atoms with van der Waals surface area (Å²) in [6.07, 6.45) is 0. The van der Waals surface area contributed by atoms with E-state index in [0.717, 1.165) is 16.9 Å². The molecule has 21 heavy (non-hydrogen) atoms. The van der Waals surface area contributed by atoms with Crippen molar-refractivity contribution in [1.82, 2.24) is 0 Å². The number of rotatable bonds is 6. The van der Waals surface area contributed by atoms with Crippen LogP contribution >= 0.6 is 15.9 Å². The Morgan fingerprint density at radius 1 is 1.24 bits per heavy atom. The predicted octanol–water partition coefficient (Wildman–Crippen LogP) is 4.08. The van der Waals surface area contributed by atoms with Crippen molar-refractivity contribution in [3.63, 3.8) is 0 Å². The van der Waals surface area contributed by atoms with Crippen molar-refractivity contribution >= 4 is 21.6 Å². The molecule has 0 aliphatic carbocycles. The maximum absolute atomic E-state index is 10.8. The fourth-order valence-corrected chi connectivity index (χ4v) is 2.29. The van der Waals surface area contributed by atoms with Gasteiger partial charge in [-0.15, -0.1) is 0 Å². The van der Waals surface area contributed by atoms with E-state index in [-0.39, 0.29) is 5.69 Å². The molecule has 2 aromatic rings. The van der Waals surface area contributed by atoms with E-state index in [1.165, 1.54) is 12.1 Å². The highest BCUT2D eigenvalue weighted by atomic mass is 79.9. The lowest BCUT2D eigenvalue weighted by Crippen LogP contribution is -1.99. The molecule has 0 aromatic heterocycles. The van der Waals surface area contributed by atoms with E-state index in [0.29, 0.717) is 17.7 Å². The zero-order valence-corrected chi connectivity index (χ0v) is 13.0. The summed E-state index contributed by atoms with van der Waals surface area (Å²) in [4.78, 5) is 10.3. The number of methoxy groups -OCH3 is 1. The van der Waals surface area contributed by atoms with Crippen LogP contribution in [0.3, 0.4) is 0 Å². The third-order valence-electron chi connectivity index (χ3n) is 2.93. The Labute approximate surface area is 130 Å². The summed E-state index contributed by atoms with van der Waals surface area (Å²) in [7, 11) is 1.61. The van der Waals surface area contributed by atoms with Crippen molar-refractivity contribution in [2.75, 3.05) is 7.11 Å². The van der Waals surface area contributed by atoms with Gasteiger partial charge in [-0.25, -0.2) is 0 Å². The van der Waals surface area contributed by atoms with Crippen molar-refractivity contribution in [1.29, 1.82) is 0 Å². The van der Waals surface area contributed by atoms with Gasteiger partial charge in [0.2, 0.25) is 0 Å². The average Bonchev–Trinajstić information content (AvgIpc) is 2.52. The molecule has 0 atom stereocenters. The third kappa shape index (κ3) is 3.95. The third-order valence-corrected chi connectivity index (χ3v) is 3.53. The van der Waals surface area contributed by atoms with Gasteiger partial charge in [0.05, 0.1) is 12.0 Å². The van der Waals surface area contributed by atoms with Gasteiger partial charge in [-0.1, -0.05) is 28.1 Å². The second-order valence-electron chi connectivity index (χ2n) is 4.32. The van der Waals surface area contributed by atoms with Crippen LogP contribution in [0.2, 0.25) is 0 Å². The summed E-state index contributed by atoms with van der Waals surface area (Å²) in [6, 6.07) is 12.1. The minimum atomic E-state index is -0.419. The Morgan fingerprint density at radius 3 is 2.71 bits per heavy atom. The van der Waals surface area contributed by atoms with Crippen molar-refractivity contribution in [3.8, 4) is 11.5 Å². The summed E-state index contributed by atoms with van der Waals surface area (Å²) in [5.74, 6) is 1.39. The molecule has 5 nitrogen and oxygen atoms in total. The van der Waals surface area contributed by atoms with Gasteiger partial charge in [-0.05, 0) is 23.8 Å². The van der Waals surface area contributed by atoms with Crippen LogP contribution in [-0.2, 0) is 11.9 Å². The first-order valence-electron chi connectivity index (χ1n) is 6.23. The molecular weight excluding hydrogens is 338 g/mol. The summed E-state index contributed by atoms with van der Waals surface area (Å²) in [6.45, 7) is 0.370. The Morgan fingerprint density at radius 2 is 2.05 bits per heavy atom. The number of hydrogen-bond donors (Lipinski definition) is 0. The van der Waals surface area contributed by atoms with E-state index >= 15 is 0 Å². The number of hydrogen-bond acceptors (Lipinski definition) is 4. The molecule has 0 heterocycles. The van der Waals surface area contributed by atoms with Gasteiger partial charge in [0.15, 0.2) is 0 Å². The first kappa shape index (κ1) is 15.3. The normalized spacial score (nSPS) is 10.2. The SMILES string of the molecule is COc1cccc(COc2ccc([N+](=O)[O-])cc2CBr)c1. The van der Waals surface area contributed by atoms with Crippen LogP contribution in [0.15, 0.2) is 42.5 Å². The number of nitro groups is 1. The molecule has 0 unspecified atom stereocenters. The first-order chi connectivity index (χ1) is 10.1. The number of alkyl halides is 1. The number of non-ortho nitro benzene ring substituents is 1. The lowest BCUT2D eigenvalue weighted by molar-refractivity contribution is -0.384. The lowest BCUT2D eigenvalue weighted by atomic mass is 10.2. The van der Waals surface area contributed by atoms with Crippen LogP contribution in [0.1, 0.15) is 11.1 Å². The maximum atomic E-state index is 10.8. The average molecular weight is 352 g/mol. The summed E-state index contributed by atoms with van der Waals surface area (Å²) in [5, 5.41) is 11.3. The topological polar surface area (TPSA) is 61.6 Å². The molecule has 0 N–H and O–H groups in total. The second-order valence-corrected chi connectivity index (χ2v) is 4.88. The minimum Gasteiger partial charge on any atom is -0.497 e. The Hall–Kier alpha value is -2.08. The van der Waals surface area contributed by atoms with Gasteiger partial charge in [0.25, 0.3) is 5.69 Å². The summed E-state index contributed by atoms with van der Waals surface area (Å²) in [5.41, 5.74) is 1.76. The fourth-order valence-electron chi connectivity index (χ4n) is 1.85. The predicted molar refractivity (Wildman–Crippen MR) is 83.1 cm³/mol. The van der Waals surface area contributed by atoms with E-state index in [9.17, 15) is 10.1 Å². The van der Waals surface area contributed by atoms with Gasteiger partial charge < -0.3 is 9.47 Å². The molecular formula is C15H14BrNO4. The first-order valence-corrected chi connectivity index (χ1v) is 7.35. The van der Waals surface area contributed by atoms with Gasteiger partial charge in [-0.3, -0.25) is 10.1 Å². The highest BCUT2D eigenvalue weighted by Gasteiger charge is 2.11. The van der Waals surface area contributed by atoms with Crippen molar-refractivity contribution in [2.24, 2.45) is 0 Å². The molecule has 0 bridgehead atoms. The Bertz CT molecular complexity index is 645. The van der Waals surface area contributed by atoms with Crippen LogP contribution < -0.4 is 9.47 Å². The molecule has 6 heteroatoms. The molecule has 2 rings (SSSR count). The lowest BCUT2D eigenvalue weighted by Gasteiger charge is -2.10. The van der Waals surface area contributed by atoms with Gasteiger partial charge in [0, 0.05) is 23.0 Å². The molecule has 0 fully saturated rings. The number of nitro benzene ring substituents is 1. The molecule has 0 amide bonds. The molecule has 0 radical (unpaired) electrons. The largest absolute Gasteiger partial charge is 0.497 e. The molecule has 110 valence electrons. The van der Waals surface area contributed by atoms with Crippen LogP contribution in [0.25, 0.3) is 0 Å². The van der Waals surface area contributed by atoms with Crippen molar-refractivity contribution in [3.05, 3.63) is 63.7 Å². The summed E-state index contributed by atoms with van der Waals surface area (Å²) < 4.78 is 10.9. The van der Waals surface area contributed by atoms with Crippen molar-refractivity contribution in [2.45, 2.75) is 11.9 Å².